The van der Waals surface area contributed by atoms with E-state index >= 15 is 0 Å². The Kier molecular flexibility index (Phi) is 8.18. The van der Waals surface area contributed by atoms with Crippen molar-refractivity contribution in [1.29, 1.82) is 0 Å². The monoisotopic (exact) mass is 400 g/mol. The van der Waals surface area contributed by atoms with Crippen molar-refractivity contribution < 1.29 is 19.1 Å². The number of amides is 1. The third kappa shape index (κ3) is 8.29. The molecule has 0 atom stereocenters. The minimum atomic E-state index is -0.615. The number of pyridine rings is 1. The number of aryl methyl sites for hydroxylation is 1. The first kappa shape index (κ1) is 20.4. The quantitative estimate of drug-likeness (QED) is 0.516. The Labute approximate surface area is 151 Å². The van der Waals surface area contributed by atoms with Crippen molar-refractivity contribution in [2.45, 2.75) is 46.1 Å². The molecule has 1 amide bonds. The molecule has 0 aliphatic heterocycles. The van der Waals surface area contributed by atoms with E-state index in [9.17, 15) is 9.59 Å². The molecule has 0 aromatic carbocycles. The normalized spacial score (nSPS) is 11.0. The van der Waals surface area contributed by atoms with Crippen LogP contribution in [0.3, 0.4) is 0 Å². The number of hydrogen-bond acceptors (Lipinski definition) is 5. The highest BCUT2D eigenvalue weighted by Crippen LogP contribution is 2.12. The van der Waals surface area contributed by atoms with Crippen molar-refractivity contribution in [3.63, 3.8) is 0 Å². The number of rotatable bonds is 7. The van der Waals surface area contributed by atoms with Gasteiger partial charge in [-0.15, -0.1) is 0 Å². The Morgan fingerprint density at radius 3 is 2.58 bits per heavy atom. The highest BCUT2D eigenvalue weighted by atomic mass is 79.9. The SMILES string of the molecule is CCOC(=O)CN(CCCc1cccc(Br)n1)C(=O)OC(C)(C)C. The van der Waals surface area contributed by atoms with E-state index in [2.05, 4.69) is 20.9 Å². The van der Waals surface area contributed by atoms with E-state index in [0.717, 1.165) is 10.3 Å². The van der Waals surface area contributed by atoms with Gasteiger partial charge >= 0.3 is 12.1 Å². The Hall–Kier alpha value is -1.63. The van der Waals surface area contributed by atoms with Gasteiger partial charge in [-0.3, -0.25) is 9.69 Å². The summed E-state index contributed by atoms with van der Waals surface area (Å²) >= 11 is 3.33. The summed E-state index contributed by atoms with van der Waals surface area (Å²) in [5.74, 6) is -0.441. The molecule has 1 rings (SSSR count). The molecule has 0 radical (unpaired) electrons. The lowest BCUT2D eigenvalue weighted by molar-refractivity contribution is -0.144. The van der Waals surface area contributed by atoms with Crippen molar-refractivity contribution >= 4 is 28.0 Å². The molecule has 7 heteroatoms. The van der Waals surface area contributed by atoms with E-state index in [1.165, 1.54) is 4.90 Å². The zero-order chi connectivity index (χ0) is 18.2. The number of carbonyl (C=O) groups is 2. The molecule has 0 saturated carbocycles. The molecule has 0 unspecified atom stereocenters. The van der Waals surface area contributed by atoms with Crippen LogP contribution in [0, 0.1) is 0 Å². The maximum absolute atomic E-state index is 12.3. The second-order valence-electron chi connectivity index (χ2n) is 6.26. The van der Waals surface area contributed by atoms with Crippen LogP contribution in [0.2, 0.25) is 0 Å². The molecule has 0 N–H and O–H groups in total. The molecule has 0 spiro atoms. The third-order valence-electron chi connectivity index (χ3n) is 2.91. The van der Waals surface area contributed by atoms with Crippen molar-refractivity contribution in [2.24, 2.45) is 0 Å². The van der Waals surface area contributed by atoms with E-state index in [0.29, 0.717) is 19.4 Å². The average molecular weight is 401 g/mol. The van der Waals surface area contributed by atoms with Crippen LogP contribution in [0.1, 0.15) is 39.8 Å². The van der Waals surface area contributed by atoms with Gasteiger partial charge in [-0.25, -0.2) is 9.78 Å². The van der Waals surface area contributed by atoms with Crippen LogP contribution in [-0.2, 0) is 20.7 Å². The fourth-order valence-electron chi connectivity index (χ4n) is 1.96. The number of hydrogen-bond donors (Lipinski definition) is 0. The molecular weight excluding hydrogens is 376 g/mol. The van der Waals surface area contributed by atoms with Crippen LogP contribution < -0.4 is 0 Å². The zero-order valence-electron chi connectivity index (χ0n) is 14.7. The number of ether oxygens (including phenoxy) is 2. The predicted octanol–water partition coefficient (Wildman–Crippen LogP) is 3.58. The number of carbonyl (C=O) groups excluding carboxylic acids is 2. The molecule has 0 aliphatic rings. The van der Waals surface area contributed by atoms with Gasteiger partial charge in [-0.05, 0) is 68.6 Å². The molecular formula is C17H25BrN2O4. The van der Waals surface area contributed by atoms with Gasteiger partial charge in [0.05, 0.1) is 6.61 Å². The summed E-state index contributed by atoms with van der Waals surface area (Å²) in [6.07, 6.45) is 0.849. The van der Waals surface area contributed by atoms with E-state index in [4.69, 9.17) is 9.47 Å². The Morgan fingerprint density at radius 1 is 1.29 bits per heavy atom. The van der Waals surface area contributed by atoms with Crippen LogP contribution >= 0.6 is 15.9 Å². The first-order valence-electron chi connectivity index (χ1n) is 7.96. The molecule has 0 aliphatic carbocycles. The van der Waals surface area contributed by atoms with Crippen molar-refractivity contribution in [2.75, 3.05) is 19.7 Å². The molecule has 0 fully saturated rings. The Bertz CT molecular complexity index is 558. The average Bonchev–Trinajstić information content (AvgIpc) is 2.44. The van der Waals surface area contributed by atoms with Gasteiger partial charge < -0.3 is 9.47 Å². The summed E-state index contributed by atoms with van der Waals surface area (Å²) in [5.41, 5.74) is 0.306. The molecule has 1 heterocycles. The summed E-state index contributed by atoms with van der Waals surface area (Å²) in [7, 11) is 0. The van der Waals surface area contributed by atoms with Gasteiger partial charge in [0.2, 0.25) is 0 Å². The topological polar surface area (TPSA) is 68.7 Å². The molecule has 1 aromatic rings. The number of nitrogens with zero attached hydrogens (tertiary/aromatic N) is 2. The summed E-state index contributed by atoms with van der Waals surface area (Å²) in [5, 5.41) is 0. The molecule has 0 saturated heterocycles. The molecule has 0 bridgehead atoms. The largest absolute Gasteiger partial charge is 0.465 e. The van der Waals surface area contributed by atoms with Gasteiger partial charge in [0.1, 0.15) is 16.7 Å². The Balaban J connectivity index is 2.63. The lowest BCUT2D eigenvalue weighted by Crippen LogP contribution is -2.41. The van der Waals surface area contributed by atoms with Gasteiger partial charge in [-0.1, -0.05) is 6.07 Å². The third-order valence-corrected chi connectivity index (χ3v) is 3.35. The zero-order valence-corrected chi connectivity index (χ0v) is 16.3. The van der Waals surface area contributed by atoms with E-state index < -0.39 is 17.7 Å². The van der Waals surface area contributed by atoms with Crippen LogP contribution in [0.4, 0.5) is 4.79 Å². The van der Waals surface area contributed by atoms with E-state index in [1.54, 1.807) is 27.7 Å². The highest BCUT2D eigenvalue weighted by molar-refractivity contribution is 9.10. The second kappa shape index (κ2) is 9.61. The summed E-state index contributed by atoms with van der Waals surface area (Å²) in [4.78, 5) is 29.7. The number of esters is 1. The van der Waals surface area contributed by atoms with Gasteiger partial charge in [0.25, 0.3) is 0 Å². The van der Waals surface area contributed by atoms with Gasteiger partial charge in [0.15, 0.2) is 0 Å². The van der Waals surface area contributed by atoms with E-state index in [-0.39, 0.29) is 13.2 Å². The first-order chi connectivity index (χ1) is 11.2. The fraction of sp³-hybridized carbons (Fsp3) is 0.588. The molecule has 134 valence electrons. The second-order valence-corrected chi connectivity index (χ2v) is 7.07. The van der Waals surface area contributed by atoms with Crippen molar-refractivity contribution in [3.8, 4) is 0 Å². The molecule has 24 heavy (non-hydrogen) atoms. The van der Waals surface area contributed by atoms with Gasteiger partial charge in [0, 0.05) is 12.2 Å². The summed E-state index contributed by atoms with van der Waals surface area (Å²) < 4.78 is 11.1. The molecule has 6 nitrogen and oxygen atoms in total. The van der Waals surface area contributed by atoms with Crippen molar-refractivity contribution in [3.05, 3.63) is 28.5 Å². The smallest absolute Gasteiger partial charge is 0.410 e. The predicted molar refractivity (Wildman–Crippen MR) is 94.7 cm³/mol. The number of halogens is 1. The van der Waals surface area contributed by atoms with Crippen molar-refractivity contribution in [1.82, 2.24) is 9.88 Å². The Morgan fingerprint density at radius 2 is 2.00 bits per heavy atom. The van der Waals surface area contributed by atoms with Gasteiger partial charge in [-0.2, -0.15) is 0 Å². The fourth-order valence-corrected chi connectivity index (χ4v) is 2.34. The standard InChI is InChI=1S/C17H25BrN2O4/c1-5-23-15(21)12-20(16(22)24-17(2,3)4)11-7-9-13-8-6-10-14(18)19-13/h6,8,10H,5,7,9,11-12H2,1-4H3. The van der Waals surface area contributed by atoms with Crippen LogP contribution in [0.15, 0.2) is 22.8 Å². The maximum atomic E-state index is 12.3. The summed E-state index contributed by atoms with van der Waals surface area (Å²) in [6, 6.07) is 5.70. The minimum absolute atomic E-state index is 0.116. The van der Waals surface area contributed by atoms with Crippen LogP contribution in [0.5, 0.6) is 0 Å². The van der Waals surface area contributed by atoms with Crippen LogP contribution in [0.25, 0.3) is 0 Å². The molecule has 1 aromatic heterocycles. The first-order valence-corrected chi connectivity index (χ1v) is 8.75. The summed E-state index contributed by atoms with van der Waals surface area (Å²) in [6.45, 7) is 7.66. The highest BCUT2D eigenvalue weighted by Gasteiger charge is 2.24. The van der Waals surface area contributed by atoms with Crippen LogP contribution in [-0.4, -0.2) is 47.2 Å². The maximum Gasteiger partial charge on any atom is 0.410 e. The number of aromatic nitrogens is 1. The lowest BCUT2D eigenvalue weighted by Gasteiger charge is -2.26. The lowest BCUT2D eigenvalue weighted by atomic mass is 10.2. The van der Waals surface area contributed by atoms with E-state index in [1.807, 2.05) is 18.2 Å². The minimum Gasteiger partial charge on any atom is -0.465 e.